The van der Waals surface area contributed by atoms with Crippen LogP contribution in [0, 0.1) is 6.92 Å². The van der Waals surface area contributed by atoms with Crippen molar-refractivity contribution in [2.45, 2.75) is 46.6 Å². The van der Waals surface area contributed by atoms with Gasteiger partial charge in [-0.25, -0.2) is 0 Å². The molecule has 2 heteroatoms. The third kappa shape index (κ3) is 6.74. The molecule has 1 aromatic rings. The molecule has 1 rings (SSSR count). The molecular weight excluding hydrogens is 232 g/mol. The van der Waals surface area contributed by atoms with Crippen molar-refractivity contribution in [3.05, 3.63) is 35.4 Å². The maximum absolute atomic E-state index is 3.62. The van der Waals surface area contributed by atoms with Crippen LogP contribution < -0.4 is 5.32 Å². The number of rotatable bonds is 9. The summed E-state index contributed by atoms with van der Waals surface area (Å²) in [7, 11) is 0. The molecule has 0 aliphatic rings. The second-order valence-corrected chi connectivity index (χ2v) is 5.43. The van der Waals surface area contributed by atoms with Crippen molar-refractivity contribution in [1.82, 2.24) is 10.2 Å². The first-order chi connectivity index (χ1) is 9.15. The minimum Gasteiger partial charge on any atom is -0.313 e. The maximum atomic E-state index is 3.62. The van der Waals surface area contributed by atoms with Crippen molar-refractivity contribution < 1.29 is 0 Å². The molecule has 0 fully saturated rings. The summed E-state index contributed by atoms with van der Waals surface area (Å²) in [4.78, 5) is 2.47. The summed E-state index contributed by atoms with van der Waals surface area (Å²) in [6.07, 6.45) is 2.39. The van der Waals surface area contributed by atoms with Gasteiger partial charge >= 0.3 is 0 Å². The fraction of sp³-hybridized carbons (Fsp3) is 0.647. The fourth-order valence-corrected chi connectivity index (χ4v) is 2.44. The van der Waals surface area contributed by atoms with E-state index < -0.39 is 0 Å². The number of aryl methyl sites for hydroxylation is 2. The van der Waals surface area contributed by atoms with E-state index >= 15 is 0 Å². The number of nitrogens with zero attached hydrogens (tertiary/aromatic N) is 1. The first-order valence-electron chi connectivity index (χ1n) is 7.67. The molecule has 0 heterocycles. The molecule has 0 aliphatic heterocycles. The molecule has 108 valence electrons. The summed E-state index contributed by atoms with van der Waals surface area (Å²) in [6.45, 7) is 13.5. The third-order valence-corrected chi connectivity index (χ3v) is 3.64. The summed E-state index contributed by atoms with van der Waals surface area (Å²) < 4.78 is 0. The van der Waals surface area contributed by atoms with Gasteiger partial charge in [0.15, 0.2) is 0 Å². The molecule has 19 heavy (non-hydrogen) atoms. The van der Waals surface area contributed by atoms with Crippen LogP contribution in [0.5, 0.6) is 0 Å². The zero-order chi connectivity index (χ0) is 14.1. The van der Waals surface area contributed by atoms with E-state index in [1.807, 2.05) is 0 Å². The van der Waals surface area contributed by atoms with Gasteiger partial charge in [-0.15, -0.1) is 0 Å². The zero-order valence-corrected chi connectivity index (χ0v) is 13.1. The van der Waals surface area contributed by atoms with Crippen LogP contribution in [0.2, 0.25) is 0 Å². The van der Waals surface area contributed by atoms with Crippen molar-refractivity contribution >= 4 is 0 Å². The molecule has 0 amide bonds. The average molecular weight is 262 g/mol. The van der Waals surface area contributed by atoms with E-state index in [0.29, 0.717) is 6.04 Å². The van der Waals surface area contributed by atoms with Crippen LogP contribution in [0.4, 0.5) is 0 Å². The van der Waals surface area contributed by atoms with Crippen LogP contribution in [0.15, 0.2) is 24.3 Å². The summed E-state index contributed by atoms with van der Waals surface area (Å²) >= 11 is 0. The van der Waals surface area contributed by atoms with Gasteiger partial charge in [0.2, 0.25) is 0 Å². The number of nitrogens with one attached hydrogen (secondary N) is 1. The smallest absolute Gasteiger partial charge is 0.0166 e. The fourth-order valence-electron chi connectivity index (χ4n) is 2.44. The van der Waals surface area contributed by atoms with Gasteiger partial charge in [-0.3, -0.25) is 0 Å². The van der Waals surface area contributed by atoms with Crippen molar-refractivity contribution in [3.8, 4) is 0 Å². The zero-order valence-electron chi connectivity index (χ0n) is 13.1. The summed E-state index contributed by atoms with van der Waals surface area (Å²) in [6, 6.07) is 9.41. The molecule has 0 radical (unpaired) electrons. The average Bonchev–Trinajstić information content (AvgIpc) is 2.41. The van der Waals surface area contributed by atoms with Gasteiger partial charge < -0.3 is 10.2 Å². The molecule has 1 unspecified atom stereocenters. The highest BCUT2D eigenvalue weighted by Crippen LogP contribution is 2.06. The second-order valence-electron chi connectivity index (χ2n) is 5.43. The minimum absolute atomic E-state index is 0.581. The van der Waals surface area contributed by atoms with Gasteiger partial charge in [-0.1, -0.05) is 43.7 Å². The Morgan fingerprint density at radius 3 is 2.58 bits per heavy atom. The molecule has 1 aromatic carbocycles. The van der Waals surface area contributed by atoms with E-state index in [2.05, 4.69) is 62.2 Å². The number of hydrogen-bond donors (Lipinski definition) is 1. The quantitative estimate of drug-likeness (QED) is 0.687. The lowest BCUT2D eigenvalue weighted by atomic mass is 10.1. The molecule has 0 aromatic heterocycles. The Morgan fingerprint density at radius 1 is 1.21 bits per heavy atom. The van der Waals surface area contributed by atoms with Crippen molar-refractivity contribution in [3.63, 3.8) is 0 Å². The van der Waals surface area contributed by atoms with E-state index in [1.54, 1.807) is 0 Å². The highest BCUT2D eigenvalue weighted by Gasteiger charge is 2.05. The summed E-state index contributed by atoms with van der Waals surface area (Å²) in [5, 5.41) is 3.62. The minimum atomic E-state index is 0.581. The monoisotopic (exact) mass is 262 g/mol. The Kier molecular flexibility index (Phi) is 7.76. The van der Waals surface area contributed by atoms with Gasteiger partial charge in [-0.05, 0) is 51.9 Å². The van der Waals surface area contributed by atoms with Crippen molar-refractivity contribution in [1.29, 1.82) is 0 Å². The SMILES string of the molecule is CCN(CC)CC(C)NCCCc1cccc(C)c1. The van der Waals surface area contributed by atoms with E-state index in [4.69, 9.17) is 0 Å². The Morgan fingerprint density at radius 2 is 1.95 bits per heavy atom. The maximum Gasteiger partial charge on any atom is 0.0166 e. The van der Waals surface area contributed by atoms with Crippen LogP contribution >= 0.6 is 0 Å². The Bertz CT molecular complexity index is 345. The van der Waals surface area contributed by atoms with Crippen LogP contribution in [0.3, 0.4) is 0 Å². The molecule has 2 nitrogen and oxygen atoms in total. The number of likely N-dealkylation sites (N-methyl/N-ethyl adjacent to an activating group) is 1. The summed E-state index contributed by atoms with van der Waals surface area (Å²) in [5.74, 6) is 0. The highest BCUT2D eigenvalue weighted by atomic mass is 15.1. The Hall–Kier alpha value is -0.860. The molecule has 0 saturated carbocycles. The highest BCUT2D eigenvalue weighted by molar-refractivity contribution is 5.22. The van der Waals surface area contributed by atoms with Crippen LogP contribution in [-0.2, 0) is 6.42 Å². The van der Waals surface area contributed by atoms with E-state index in [1.165, 1.54) is 24.0 Å². The van der Waals surface area contributed by atoms with Gasteiger partial charge in [0.05, 0.1) is 0 Å². The van der Waals surface area contributed by atoms with Gasteiger partial charge in [0.1, 0.15) is 0 Å². The van der Waals surface area contributed by atoms with Crippen LogP contribution in [0.1, 0.15) is 38.3 Å². The number of hydrogen-bond acceptors (Lipinski definition) is 2. The van der Waals surface area contributed by atoms with Gasteiger partial charge in [-0.2, -0.15) is 0 Å². The first-order valence-corrected chi connectivity index (χ1v) is 7.67. The lowest BCUT2D eigenvalue weighted by molar-refractivity contribution is 0.271. The third-order valence-electron chi connectivity index (χ3n) is 3.64. The molecule has 0 saturated heterocycles. The first kappa shape index (κ1) is 16.2. The largest absolute Gasteiger partial charge is 0.313 e. The van der Waals surface area contributed by atoms with Crippen LogP contribution in [-0.4, -0.2) is 37.1 Å². The molecular formula is C17H30N2. The van der Waals surface area contributed by atoms with Crippen molar-refractivity contribution in [2.24, 2.45) is 0 Å². The molecule has 1 atom stereocenters. The van der Waals surface area contributed by atoms with Crippen molar-refractivity contribution in [2.75, 3.05) is 26.2 Å². The predicted molar refractivity (Wildman–Crippen MR) is 84.8 cm³/mol. The predicted octanol–water partition coefficient (Wildman–Crippen LogP) is 3.25. The van der Waals surface area contributed by atoms with Gasteiger partial charge in [0.25, 0.3) is 0 Å². The second kappa shape index (κ2) is 9.11. The molecule has 0 aliphatic carbocycles. The lowest BCUT2D eigenvalue weighted by Crippen LogP contribution is -2.39. The van der Waals surface area contributed by atoms with E-state index in [-0.39, 0.29) is 0 Å². The van der Waals surface area contributed by atoms with E-state index in [9.17, 15) is 0 Å². The molecule has 0 spiro atoms. The lowest BCUT2D eigenvalue weighted by Gasteiger charge is -2.23. The Balaban J connectivity index is 2.16. The van der Waals surface area contributed by atoms with E-state index in [0.717, 1.165) is 26.2 Å². The molecule has 1 N–H and O–H groups in total. The Labute approximate surface area is 119 Å². The molecule has 0 bridgehead atoms. The van der Waals surface area contributed by atoms with Crippen LogP contribution in [0.25, 0.3) is 0 Å². The van der Waals surface area contributed by atoms with Gasteiger partial charge in [0, 0.05) is 12.6 Å². The topological polar surface area (TPSA) is 15.3 Å². The normalized spacial score (nSPS) is 12.9. The number of benzene rings is 1. The summed E-state index contributed by atoms with van der Waals surface area (Å²) in [5.41, 5.74) is 2.82. The standard InChI is InChI=1S/C17H30N2/c1-5-19(6-2)14-16(4)18-12-8-11-17-10-7-9-15(3)13-17/h7,9-10,13,16,18H,5-6,8,11-12,14H2,1-4H3.